The molecule has 0 aliphatic carbocycles. The van der Waals surface area contributed by atoms with Gasteiger partial charge in [0.2, 0.25) is 0 Å². The number of rotatable bonds is 4. The van der Waals surface area contributed by atoms with E-state index in [2.05, 4.69) is 22.8 Å². The van der Waals surface area contributed by atoms with Crippen molar-refractivity contribution in [2.24, 2.45) is 5.92 Å². The van der Waals surface area contributed by atoms with Gasteiger partial charge in [-0.3, -0.25) is 4.90 Å². The molecule has 2 aliphatic heterocycles. The fourth-order valence-corrected chi connectivity index (χ4v) is 3.68. The van der Waals surface area contributed by atoms with Crippen LogP contribution in [0.15, 0.2) is 23.0 Å². The van der Waals surface area contributed by atoms with Crippen LogP contribution in [-0.4, -0.2) is 89.7 Å². The highest BCUT2D eigenvalue weighted by atomic mass is 19.4. The first-order valence-electron chi connectivity index (χ1n) is 9.81. The van der Waals surface area contributed by atoms with Crippen molar-refractivity contribution in [3.8, 4) is 0 Å². The molecule has 2 saturated heterocycles. The highest BCUT2D eigenvalue weighted by Crippen LogP contribution is 2.33. The average Bonchev–Trinajstić information content (AvgIpc) is 3.37. The van der Waals surface area contributed by atoms with Crippen LogP contribution in [0.4, 0.5) is 26.3 Å². The third-order valence-electron chi connectivity index (χ3n) is 5.26. The molecule has 2 N–H and O–H groups in total. The predicted molar refractivity (Wildman–Crippen MR) is 101 cm³/mol. The van der Waals surface area contributed by atoms with Crippen LogP contribution in [0.1, 0.15) is 18.9 Å². The average molecular weight is 492 g/mol. The van der Waals surface area contributed by atoms with Crippen molar-refractivity contribution in [3.63, 3.8) is 0 Å². The number of hydrogen-bond donors (Lipinski definition) is 2. The summed E-state index contributed by atoms with van der Waals surface area (Å²) in [5, 5.41) is 14.2. The first kappa shape index (κ1) is 28.7. The number of piperidine rings is 1. The van der Waals surface area contributed by atoms with Crippen LogP contribution in [0.2, 0.25) is 0 Å². The number of carboxylic acids is 2. The Labute approximate surface area is 185 Å². The lowest BCUT2D eigenvalue weighted by Crippen LogP contribution is -2.50. The number of furan rings is 1. The predicted octanol–water partition coefficient (Wildman–Crippen LogP) is 3.09. The summed E-state index contributed by atoms with van der Waals surface area (Å²) in [6, 6.07) is 2.71. The summed E-state index contributed by atoms with van der Waals surface area (Å²) in [5.74, 6) is -4.86. The Morgan fingerprint density at radius 1 is 1.12 bits per heavy atom. The SMILES string of the molecule is CCN1C[C@@H]2[C@@H](OC)CCN(Cc3ccoc3)[C@@H]2C1.O=C(O)C(F)(F)F.O=C(O)C(F)(F)F. The second-order valence-electron chi connectivity index (χ2n) is 7.35. The number of likely N-dealkylation sites (N-methyl/N-ethyl adjacent to an activating group) is 1. The van der Waals surface area contributed by atoms with Crippen molar-refractivity contribution >= 4 is 11.9 Å². The summed E-state index contributed by atoms with van der Waals surface area (Å²) < 4.78 is 74.4. The summed E-state index contributed by atoms with van der Waals surface area (Å²) in [7, 11) is 1.86. The molecule has 0 bridgehead atoms. The van der Waals surface area contributed by atoms with Gasteiger partial charge in [0.05, 0.1) is 18.6 Å². The number of fused-ring (bicyclic) bond motifs is 1. The van der Waals surface area contributed by atoms with Gasteiger partial charge in [-0.25, -0.2) is 9.59 Å². The van der Waals surface area contributed by atoms with Crippen LogP contribution in [-0.2, 0) is 20.9 Å². The Hall–Kier alpha value is -2.32. The van der Waals surface area contributed by atoms with E-state index in [-0.39, 0.29) is 0 Å². The molecule has 0 saturated carbocycles. The molecule has 8 nitrogen and oxygen atoms in total. The zero-order chi connectivity index (χ0) is 25.4. The highest BCUT2D eigenvalue weighted by Gasteiger charge is 2.44. The second kappa shape index (κ2) is 12.2. The van der Waals surface area contributed by atoms with E-state index >= 15 is 0 Å². The van der Waals surface area contributed by atoms with Gasteiger partial charge in [-0.05, 0) is 19.0 Å². The van der Waals surface area contributed by atoms with Crippen LogP contribution >= 0.6 is 0 Å². The number of likely N-dealkylation sites (tertiary alicyclic amines) is 2. The lowest BCUT2D eigenvalue weighted by atomic mass is 9.89. The van der Waals surface area contributed by atoms with E-state index in [1.807, 2.05) is 13.4 Å². The van der Waals surface area contributed by atoms with E-state index in [1.165, 1.54) is 18.7 Å². The van der Waals surface area contributed by atoms with Gasteiger partial charge in [0.15, 0.2) is 0 Å². The lowest BCUT2D eigenvalue weighted by molar-refractivity contribution is -0.193. The normalized spacial score (nSPS) is 23.6. The maximum atomic E-state index is 10.6. The molecule has 1 aromatic heterocycles. The maximum absolute atomic E-state index is 10.6. The third kappa shape index (κ3) is 9.21. The molecule has 2 aliphatic rings. The van der Waals surface area contributed by atoms with Crippen molar-refractivity contribution in [1.29, 1.82) is 0 Å². The Morgan fingerprint density at radius 3 is 2.06 bits per heavy atom. The summed E-state index contributed by atoms with van der Waals surface area (Å²) in [6.45, 7) is 7.89. The summed E-state index contributed by atoms with van der Waals surface area (Å²) in [4.78, 5) is 23.0. The number of ether oxygens (including phenoxy) is 1. The molecule has 0 amide bonds. The number of methoxy groups -OCH3 is 1. The molecule has 3 atom stereocenters. The molecular formula is C19H26F6N2O6. The zero-order valence-electron chi connectivity index (χ0n) is 17.9. The minimum Gasteiger partial charge on any atom is -0.475 e. The molecule has 14 heteroatoms. The van der Waals surface area contributed by atoms with Gasteiger partial charge in [0.25, 0.3) is 0 Å². The minimum absolute atomic E-state index is 0.433. The molecule has 3 heterocycles. The minimum atomic E-state index is -5.08. The third-order valence-corrected chi connectivity index (χ3v) is 5.26. The summed E-state index contributed by atoms with van der Waals surface area (Å²) in [5.41, 5.74) is 1.28. The Balaban J connectivity index is 0.000000324. The molecule has 190 valence electrons. The van der Waals surface area contributed by atoms with Crippen LogP contribution in [0.25, 0.3) is 0 Å². The molecule has 33 heavy (non-hydrogen) atoms. The molecule has 0 aromatic carbocycles. The standard InChI is InChI=1S/C15H24N2O2.2C2HF3O2/c1-3-16-9-13-14(10-16)17(6-4-15(13)18-2)8-12-5-7-19-11-12;2*3-2(4,5)1(6)7/h5,7,11,13-15H,3-4,6,8-10H2,1-2H3;2*(H,6,7)/t13-,14+,15-;;/m0../s1. The van der Waals surface area contributed by atoms with Crippen LogP contribution in [0.5, 0.6) is 0 Å². The zero-order valence-corrected chi connectivity index (χ0v) is 17.9. The van der Waals surface area contributed by atoms with Gasteiger partial charge in [0, 0.05) is 50.8 Å². The highest BCUT2D eigenvalue weighted by molar-refractivity contribution is 5.73. The topological polar surface area (TPSA) is 103 Å². The number of carbonyl (C=O) groups is 2. The van der Waals surface area contributed by atoms with Gasteiger partial charge in [-0.15, -0.1) is 0 Å². The van der Waals surface area contributed by atoms with Crippen molar-refractivity contribution in [2.75, 3.05) is 33.3 Å². The number of nitrogens with zero attached hydrogens (tertiary/aromatic N) is 2. The van der Waals surface area contributed by atoms with Crippen molar-refractivity contribution < 1.29 is 55.3 Å². The van der Waals surface area contributed by atoms with Crippen molar-refractivity contribution in [2.45, 2.75) is 44.4 Å². The molecular weight excluding hydrogens is 466 g/mol. The van der Waals surface area contributed by atoms with Gasteiger partial charge < -0.3 is 24.3 Å². The van der Waals surface area contributed by atoms with E-state index in [4.69, 9.17) is 29.0 Å². The summed E-state index contributed by atoms with van der Waals surface area (Å²) in [6.07, 6.45) is -4.96. The Kier molecular flexibility index (Phi) is 10.6. The number of halogens is 6. The molecule has 2 fully saturated rings. The van der Waals surface area contributed by atoms with Gasteiger partial charge >= 0.3 is 24.3 Å². The monoisotopic (exact) mass is 492 g/mol. The van der Waals surface area contributed by atoms with Gasteiger partial charge in [-0.1, -0.05) is 6.92 Å². The van der Waals surface area contributed by atoms with E-state index < -0.39 is 24.3 Å². The molecule has 1 aromatic rings. The quantitative estimate of drug-likeness (QED) is 0.619. The van der Waals surface area contributed by atoms with Gasteiger partial charge in [-0.2, -0.15) is 26.3 Å². The Morgan fingerprint density at radius 2 is 1.67 bits per heavy atom. The lowest BCUT2D eigenvalue weighted by Gasteiger charge is -2.41. The number of aliphatic carboxylic acids is 2. The number of alkyl halides is 6. The van der Waals surface area contributed by atoms with E-state index in [9.17, 15) is 26.3 Å². The van der Waals surface area contributed by atoms with Crippen LogP contribution < -0.4 is 0 Å². The first-order valence-corrected chi connectivity index (χ1v) is 9.81. The number of hydrogen-bond acceptors (Lipinski definition) is 6. The van der Waals surface area contributed by atoms with E-state index in [0.29, 0.717) is 18.1 Å². The number of carboxylic acid groups (broad SMARTS) is 2. The smallest absolute Gasteiger partial charge is 0.475 e. The van der Waals surface area contributed by atoms with Crippen molar-refractivity contribution in [1.82, 2.24) is 9.80 Å². The first-order chi connectivity index (χ1) is 15.2. The molecule has 0 radical (unpaired) electrons. The van der Waals surface area contributed by atoms with E-state index in [0.717, 1.165) is 26.1 Å². The molecule has 0 spiro atoms. The largest absolute Gasteiger partial charge is 0.490 e. The van der Waals surface area contributed by atoms with Crippen LogP contribution in [0, 0.1) is 5.92 Å². The summed E-state index contributed by atoms with van der Waals surface area (Å²) >= 11 is 0. The van der Waals surface area contributed by atoms with Crippen molar-refractivity contribution in [3.05, 3.63) is 24.2 Å². The molecule has 3 rings (SSSR count). The Bertz CT molecular complexity index is 716. The second-order valence-corrected chi connectivity index (χ2v) is 7.35. The molecule has 0 unspecified atom stereocenters. The fraction of sp³-hybridized carbons (Fsp3) is 0.684. The van der Waals surface area contributed by atoms with E-state index in [1.54, 1.807) is 6.26 Å². The van der Waals surface area contributed by atoms with Gasteiger partial charge in [0.1, 0.15) is 0 Å². The fourth-order valence-electron chi connectivity index (χ4n) is 3.68. The maximum Gasteiger partial charge on any atom is 0.490 e. The van der Waals surface area contributed by atoms with Crippen LogP contribution in [0.3, 0.4) is 0 Å².